The lowest BCUT2D eigenvalue weighted by molar-refractivity contribution is -0.128. The zero-order valence-corrected chi connectivity index (χ0v) is 8.27. The molecule has 0 bridgehead atoms. The van der Waals surface area contributed by atoms with Crippen molar-refractivity contribution in [2.75, 3.05) is 0 Å². The molecule has 0 atom stereocenters. The van der Waals surface area contributed by atoms with Crippen LogP contribution in [0, 0.1) is 0 Å². The number of rotatable bonds is 2. The molecular weight excluding hydrogens is 239 g/mol. The Balaban J connectivity index is 2.28. The van der Waals surface area contributed by atoms with Gasteiger partial charge in [0.15, 0.2) is 5.82 Å². The third-order valence-electron chi connectivity index (χ3n) is 1.86. The van der Waals surface area contributed by atoms with Crippen LogP contribution in [0.25, 0.3) is 11.5 Å². The summed E-state index contributed by atoms with van der Waals surface area (Å²) < 4.78 is 40.8. The Kier molecular flexibility index (Phi) is 2.70. The normalized spacial score (nSPS) is 11.7. The molecule has 0 saturated heterocycles. The third-order valence-corrected chi connectivity index (χ3v) is 1.86. The molecule has 0 unspecified atom stereocenters. The zero-order valence-electron chi connectivity index (χ0n) is 8.27. The van der Waals surface area contributed by atoms with Gasteiger partial charge >= 0.3 is 6.18 Å². The molecule has 2 aromatic heterocycles. The Morgan fingerprint density at radius 3 is 2.76 bits per heavy atom. The van der Waals surface area contributed by atoms with Crippen molar-refractivity contribution in [1.82, 2.24) is 15.1 Å². The molecule has 0 amide bonds. The minimum absolute atomic E-state index is 0.140. The summed E-state index contributed by atoms with van der Waals surface area (Å²) >= 11 is 0. The third kappa shape index (κ3) is 2.71. The van der Waals surface area contributed by atoms with Crippen LogP contribution in [0.15, 0.2) is 23.0 Å². The molecule has 90 valence electrons. The van der Waals surface area contributed by atoms with Gasteiger partial charge in [-0.3, -0.25) is 4.98 Å². The van der Waals surface area contributed by atoms with Crippen molar-refractivity contribution in [1.29, 1.82) is 0 Å². The maximum Gasteiger partial charge on any atom is 0.396 e. The Bertz CT molecular complexity index is 524. The second-order valence-corrected chi connectivity index (χ2v) is 3.20. The first-order valence-electron chi connectivity index (χ1n) is 4.48. The molecule has 0 aliphatic heterocycles. The Morgan fingerprint density at radius 2 is 2.12 bits per heavy atom. The predicted octanol–water partition coefficient (Wildman–Crippen LogP) is 1.94. The SMILES string of the molecule is Oc1cnccc1-c1nc(CC(F)(F)F)no1. The number of halogens is 3. The molecule has 0 aliphatic rings. The molecule has 8 heteroatoms. The minimum Gasteiger partial charge on any atom is -0.505 e. The number of hydrogen-bond acceptors (Lipinski definition) is 5. The summed E-state index contributed by atoms with van der Waals surface area (Å²) in [6, 6.07) is 1.36. The minimum atomic E-state index is -4.40. The second-order valence-electron chi connectivity index (χ2n) is 3.20. The van der Waals surface area contributed by atoms with Crippen LogP contribution in [0.2, 0.25) is 0 Å². The predicted molar refractivity (Wildman–Crippen MR) is 49.0 cm³/mol. The Hall–Kier alpha value is -2.12. The van der Waals surface area contributed by atoms with Crippen LogP contribution in [-0.4, -0.2) is 26.4 Å². The molecule has 1 N–H and O–H groups in total. The van der Waals surface area contributed by atoms with E-state index >= 15 is 0 Å². The van der Waals surface area contributed by atoms with Crippen molar-refractivity contribution >= 4 is 0 Å². The summed E-state index contributed by atoms with van der Waals surface area (Å²) in [7, 11) is 0. The average molecular weight is 245 g/mol. The summed E-state index contributed by atoms with van der Waals surface area (Å²) in [5.41, 5.74) is 0.140. The van der Waals surface area contributed by atoms with Gasteiger partial charge in [0.2, 0.25) is 0 Å². The first-order chi connectivity index (χ1) is 7.96. The van der Waals surface area contributed by atoms with E-state index in [4.69, 9.17) is 0 Å². The highest BCUT2D eigenvalue weighted by Gasteiger charge is 2.30. The second kappa shape index (κ2) is 4.04. The first kappa shape index (κ1) is 11.4. The quantitative estimate of drug-likeness (QED) is 0.875. The van der Waals surface area contributed by atoms with Crippen LogP contribution in [0.5, 0.6) is 5.75 Å². The van der Waals surface area contributed by atoms with Gasteiger partial charge in [-0.1, -0.05) is 5.16 Å². The number of aromatic hydroxyl groups is 1. The van der Waals surface area contributed by atoms with Crippen LogP contribution in [0.1, 0.15) is 5.82 Å². The molecule has 2 rings (SSSR count). The van der Waals surface area contributed by atoms with E-state index in [2.05, 4.69) is 19.6 Å². The number of hydrogen-bond donors (Lipinski definition) is 1. The largest absolute Gasteiger partial charge is 0.505 e. The number of nitrogens with zero attached hydrogens (tertiary/aromatic N) is 3. The van der Waals surface area contributed by atoms with Gasteiger partial charge in [0.05, 0.1) is 11.8 Å². The van der Waals surface area contributed by atoms with Crippen LogP contribution < -0.4 is 0 Å². The van der Waals surface area contributed by atoms with Gasteiger partial charge in [0.25, 0.3) is 5.89 Å². The molecule has 0 fully saturated rings. The number of pyridine rings is 1. The molecule has 2 heterocycles. The van der Waals surface area contributed by atoms with Crippen LogP contribution in [0.4, 0.5) is 13.2 Å². The first-order valence-corrected chi connectivity index (χ1v) is 4.48. The van der Waals surface area contributed by atoms with E-state index < -0.39 is 18.4 Å². The molecular formula is C9H6F3N3O2. The van der Waals surface area contributed by atoms with Gasteiger partial charge in [-0.05, 0) is 6.07 Å². The van der Waals surface area contributed by atoms with E-state index in [1.165, 1.54) is 12.3 Å². The topological polar surface area (TPSA) is 72.0 Å². The summed E-state index contributed by atoms with van der Waals surface area (Å²) in [6.07, 6.45) is -3.20. The lowest BCUT2D eigenvalue weighted by atomic mass is 10.2. The summed E-state index contributed by atoms with van der Waals surface area (Å²) in [5.74, 6) is -0.900. The standard InChI is InChI=1S/C9H6F3N3O2/c10-9(11,12)3-7-14-8(17-15-7)5-1-2-13-4-6(5)16/h1-2,4,16H,3H2. The zero-order chi connectivity index (χ0) is 12.5. The average Bonchev–Trinajstić information content (AvgIpc) is 2.64. The van der Waals surface area contributed by atoms with Gasteiger partial charge in [-0.2, -0.15) is 18.2 Å². The molecule has 17 heavy (non-hydrogen) atoms. The molecule has 0 aliphatic carbocycles. The van der Waals surface area contributed by atoms with Gasteiger partial charge in [0.1, 0.15) is 12.2 Å². The van der Waals surface area contributed by atoms with Gasteiger partial charge in [-0.25, -0.2) is 0 Å². The lowest BCUT2D eigenvalue weighted by Gasteiger charge is -2.00. The highest BCUT2D eigenvalue weighted by Crippen LogP contribution is 2.27. The van der Waals surface area contributed by atoms with E-state index in [9.17, 15) is 18.3 Å². The van der Waals surface area contributed by atoms with E-state index in [0.29, 0.717) is 0 Å². The van der Waals surface area contributed by atoms with Crippen molar-refractivity contribution in [3.8, 4) is 17.2 Å². The van der Waals surface area contributed by atoms with Gasteiger partial charge in [0, 0.05) is 6.20 Å². The maximum atomic E-state index is 12.1. The maximum absolute atomic E-state index is 12.1. The smallest absolute Gasteiger partial charge is 0.396 e. The molecule has 0 radical (unpaired) electrons. The van der Waals surface area contributed by atoms with Crippen molar-refractivity contribution in [2.45, 2.75) is 12.6 Å². The fourth-order valence-electron chi connectivity index (χ4n) is 1.18. The molecule has 0 saturated carbocycles. The Morgan fingerprint density at radius 1 is 1.35 bits per heavy atom. The Labute approximate surface area is 92.9 Å². The van der Waals surface area contributed by atoms with E-state index in [0.717, 1.165) is 6.20 Å². The highest BCUT2D eigenvalue weighted by molar-refractivity contribution is 5.60. The van der Waals surface area contributed by atoms with Crippen LogP contribution in [0.3, 0.4) is 0 Å². The highest BCUT2D eigenvalue weighted by atomic mass is 19.4. The summed E-state index contributed by atoms with van der Waals surface area (Å²) in [5, 5.41) is 12.6. The lowest BCUT2D eigenvalue weighted by Crippen LogP contribution is -2.12. The summed E-state index contributed by atoms with van der Waals surface area (Å²) in [6.45, 7) is 0. The van der Waals surface area contributed by atoms with Crippen molar-refractivity contribution in [3.63, 3.8) is 0 Å². The van der Waals surface area contributed by atoms with Crippen molar-refractivity contribution in [2.24, 2.45) is 0 Å². The van der Waals surface area contributed by atoms with E-state index in [-0.39, 0.29) is 17.2 Å². The van der Waals surface area contributed by atoms with Crippen molar-refractivity contribution in [3.05, 3.63) is 24.3 Å². The van der Waals surface area contributed by atoms with E-state index in [1.807, 2.05) is 0 Å². The van der Waals surface area contributed by atoms with Crippen LogP contribution >= 0.6 is 0 Å². The van der Waals surface area contributed by atoms with Crippen molar-refractivity contribution < 1.29 is 22.8 Å². The number of alkyl halides is 3. The summed E-state index contributed by atoms with van der Waals surface area (Å²) in [4.78, 5) is 7.16. The van der Waals surface area contributed by atoms with E-state index in [1.54, 1.807) is 0 Å². The molecule has 2 aromatic rings. The van der Waals surface area contributed by atoms with Crippen LogP contribution in [-0.2, 0) is 6.42 Å². The fraction of sp³-hybridized carbons (Fsp3) is 0.222. The molecule has 5 nitrogen and oxygen atoms in total. The molecule has 0 spiro atoms. The fourth-order valence-corrected chi connectivity index (χ4v) is 1.18. The van der Waals surface area contributed by atoms with Gasteiger partial charge < -0.3 is 9.63 Å². The van der Waals surface area contributed by atoms with Gasteiger partial charge in [-0.15, -0.1) is 0 Å². The number of aromatic nitrogens is 3. The molecule has 0 aromatic carbocycles. The monoisotopic (exact) mass is 245 g/mol.